The second-order valence-electron chi connectivity index (χ2n) is 9.86. The fraction of sp³-hybridized carbons (Fsp3) is 0.355. The Morgan fingerprint density at radius 2 is 1.71 bits per heavy atom. The molecule has 0 aliphatic carbocycles. The monoisotopic (exact) mass is 550 g/mol. The third-order valence-corrected chi connectivity index (χ3v) is 7.89. The Morgan fingerprint density at radius 1 is 0.947 bits per heavy atom. The lowest BCUT2D eigenvalue weighted by Crippen LogP contribution is -2.45. The molecule has 200 valence electrons. The Morgan fingerprint density at radius 3 is 2.39 bits per heavy atom. The van der Waals surface area contributed by atoms with Crippen molar-refractivity contribution in [3.63, 3.8) is 0 Å². The number of hydrogen-bond donors (Lipinski definition) is 0. The van der Waals surface area contributed by atoms with Gasteiger partial charge in [0.25, 0.3) is 0 Å². The van der Waals surface area contributed by atoms with Crippen molar-refractivity contribution >= 4 is 35.2 Å². The minimum atomic E-state index is -0.609. The van der Waals surface area contributed by atoms with Crippen molar-refractivity contribution in [3.05, 3.63) is 88.9 Å². The zero-order valence-electron chi connectivity index (χ0n) is 22.6. The van der Waals surface area contributed by atoms with Crippen LogP contribution in [0.4, 0.5) is 0 Å². The molecule has 0 saturated carbocycles. The molecule has 0 unspecified atom stereocenters. The van der Waals surface area contributed by atoms with E-state index in [1.807, 2.05) is 43.3 Å². The van der Waals surface area contributed by atoms with Crippen LogP contribution >= 0.6 is 23.4 Å². The Balaban J connectivity index is 1.41. The van der Waals surface area contributed by atoms with Crippen molar-refractivity contribution < 1.29 is 14.2 Å². The molecular formula is C31H35ClN2O3S. The van der Waals surface area contributed by atoms with Gasteiger partial charge in [0, 0.05) is 14.8 Å². The Kier molecular flexibility index (Phi) is 9.40. The number of aliphatic imine (C=N–C) groups is 2. The van der Waals surface area contributed by atoms with Crippen LogP contribution in [0, 0.1) is 5.92 Å². The number of ether oxygens (including phenoxy) is 3. The smallest absolute Gasteiger partial charge is 0.212 e. The molecule has 1 aliphatic heterocycles. The summed E-state index contributed by atoms with van der Waals surface area (Å²) in [4.78, 5) is 11.9. The van der Waals surface area contributed by atoms with E-state index in [0.717, 1.165) is 38.1 Å². The van der Waals surface area contributed by atoms with Gasteiger partial charge in [0.2, 0.25) is 11.8 Å². The molecule has 0 bridgehead atoms. The predicted molar refractivity (Wildman–Crippen MR) is 157 cm³/mol. The highest BCUT2D eigenvalue weighted by Gasteiger charge is 2.39. The minimum Gasteiger partial charge on any atom is -0.489 e. The van der Waals surface area contributed by atoms with Gasteiger partial charge in [-0.05, 0) is 67.1 Å². The van der Waals surface area contributed by atoms with Crippen molar-refractivity contribution in [2.75, 3.05) is 14.2 Å². The van der Waals surface area contributed by atoms with E-state index in [1.165, 1.54) is 0 Å². The summed E-state index contributed by atoms with van der Waals surface area (Å²) in [7, 11) is 3.31. The van der Waals surface area contributed by atoms with Crippen LogP contribution in [0.25, 0.3) is 0 Å². The van der Waals surface area contributed by atoms with E-state index in [2.05, 4.69) is 50.2 Å². The van der Waals surface area contributed by atoms with Crippen LogP contribution in [0.2, 0.25) is 5.02 Å². The largest absolute Gasteiger partial charge is 0.489 e. The summed E-state index contributed by atoms with van der Waals surface area (Å²) in [5.41, 5.74) is 1.60. The average molecular weight is 551 g/mol. The second-order valence-corrected chi connectivity index (χ2v) is 11.4. The minimum absolute atomic E-state index is 0.134. The first-order valence-electron chi connectivity index (χ1n) is 12.8. The topological polar surface area (TPSA) is 52.4 Å². The summed E-state index contributed by atoms with van der Waals surface area (Å²) in [6, 6.07) is 24.4. The predicted octanol–water partition coefficient (Wildman–Crippen LogP) is 7.89. The van der Waals surface area contributed by atoms with Crippen molar-refractivity contribution in [1.82, 2.24) is 0 Å². The lowest BCUT2D eigenvalue weighted by Gasteiger charge is -2.33. The Labute approximate surface area is 235 Å². The number of halogens is 1. The quantitative estimate of drug-likeness (QED) is 0.272. The zero-order chi connectivity index (χ0) is 27.1. The Hall–Kier alpha value is -2.96. The first-order chi connectivity index (χ1) is 18.3. The number of rotatable bonds is 9. The summed E-state index contributed by atoms with van der Waals surface area (Å²) in [5, 5.41) is 0.734. The molecule has 3 aromatic rings. The highest BCUT2D eigenvalue weighted by Crippen LogP contribution is 2.34. The molecular weight excluding hydrogens is 516 g/mol. The molecule has 0 N–H and O–H groups in total. The van der Waals surface area contributed by atoms with E-state index < -0.39 is 5.54 Å². The zero-order valence-corrected chi connectivity index (χ0v) is 24.2. The first-order valence-corrected chi connectivity index (χ1v) is 14.0. The average Bonchev–Trinajstić information content (AvgIpc) is 2.92. The summed E-state index contributed by atoms with van der Waals surface area (Å²) in [6.07, 6.45) is 1.43. The third kappa shape index (κ3) is 6.91. The maximum Gasteiger partial charge on any atom is 0.212 e. The molecule has 4 rings (SSSR count). The van der Waals surface area contributed by atoms with E-state index in [-0.39, 0.29) is 12.0 Å². The van der Waals surface area contributed by atoms with Gasteiger partial charge in [0.15, 0.2) is 0 Å². The van der Waals surface area contributed by atoms with Crippen molar-refractivity contribution in [3.8, 4) is 5.75 Å². The number of aryl methyl sites for hydroxylation is 1. The molecule has 0 amide bonds. The maximum atomic E-state index is 6.74. The van der Waals surface area contributed by atoms with Crippen molar-refractivity contribution in [1.29, 1.82) is 0 Å². The highest BCUT2D eigenvalue weighted by atomic mass is 35.5. The number of methoxy groups -OCH3 is 2. The summed E-state index contributed by atoms with van der Waals surface area (Å²) < 4.78 is 17.3. The molecule has 3 aromatic carbocycles. The van der Waals surface area contributed by atoms with Crippen LogP contribution < -0.4 is 4.74 Å². The number of benzene rings is 3. The number of nitrogens with zero attached hydrogens (tertiary/aromatic N) is 2. The first kappa shape index (κ1) is 28.1. The van der Waals surface area contributed by atoms with E-state index >= 15 is 0 Å². The number of hydrogen-bond acceptors (Lipinski definition) is 6. The van der Waals surface area contributed by atoms with Gasteiger partial charge in [-0.3, -0.25) is 0 Å². The molecule has 1 aliphatic rings. The van der Waals surface area contributed by atoms with Gasteiger partial charge in [0.05, 0.1) is 14.2 Å². The SMILES string of the molecule is COC1=N[C@](C)(CCc2ccc(Sc3cccc(OCc4ccccc4)c3)cc2Cl)C(OC)=N[C@H]1C(C)C. The van der Waals surface area contributed by atoms with Crippen LogP contribution in [0.15, 0.2) is 92.6 Å². The molecule has 38 heavy (non-hydrogen) atoms. The third-order valence-electron chi connectivity index (χ3n) is 6.56. The lowest BCUT2D eigenvalue weighted by molar-refractivity contribution is 0.305. The van der Waals surface area contributed by atoms with Crippen molar-refractivity contribution in [2.24, 2.45) is 15.9 Å². The van der Waals surface area contributed by atoms with Gasteiger partial charge >= 0.3 is 0 Å². The van der Waals surface area contributed by atoms with Gasteiger partial charge < -0.3 is 14.2 Å². The standard InChI is InChI=1S/C31H35ClN2O3S/c1-21(2)28-29(35-4)34-31(3,30(33-28)36-5)17-16-23-14-15-26(19-27(23)32)38-25-13-9-12-24(18-25)37-20-22-10-7-6-8-11-22/h6-15,18-19,21,28H,16-17,20H2,1-5H3/t28-,31+/m0/s1. The highest BCUT2D eigenvalue weighted by molar-refractivity contribution is 7.99. The van der Waals surface area contributed by atoms with E-state index in [0.29, 0.717) is 24.8 Å². The van der Waals surface area contributed by atoms with Gasteiger partial charge in [0.1, 0.15) is 23.9 Å². The Bertz CT molecular complexity index is 1300. The van der Waals surface area contributed by atoms with Crippen LogP contribution in [-0.4, -0.2) is 37.6 Å². The summed E-state index contributed by atoms with van der Waals surface area (Å²) >= 11 is 8.40. The molecule has 0 spiro atoms. The summed E-state index contributed by atoms with van der Waals surface area (Å²) in [5.74, 6) is 2.39. The van der Waals surface area contributed by atoms with E-state index in [9.17, 15) is 0 Å². The molecule has 2 atom stereocenters. The molecule has 1 heterocycles. The molecule has 0 saturated heterocycles. The molecule has 0 aromatic heterocycles. The van der Waals surface area contributed by atoms with E-state index in [4.69, 9.17) is 35.8 Å². The van der Waals surface area contributed by atoms with Crippen LogP contribution in [0.1, 0.15) is 38.3 Å². The molecule has 7 heteroatoms. The van der Waals surface area contributed by atoms with Gasteiger partial charge in [-0.25, -0.2) is 9.98 Å². The fourth-order valence-electron chi connectivity index (χ4n) is 4.39. The van der Waals surface area contributed by atoms with Crippen LogP contribution in [-0.2, 0) is 22.5 Å². The molecule has 5 nitrogen and oxygen atoms in total. The maximum absolute atomic E-state index is 6.74. The fourth-order valence-corrected chi connectivity index (χ4v) is 5.64. The van der Waals surface area contributed by atoms with Crippen molar-refractivity contribution in [2.45, 2.75) is 61.6 Å². The van der Waals surface area contributed by atoms with Gasteiger partial charge in [-0.2, -0.15) is 0 Å². The lowest BCUT2D eigenvalue weighted by atomic mass is 9.90. The van der Waals surface area contributed by atoms with Crippen LogP contribution in [0.3, 0.4) is 0 Å². The molecule has 0 radical (unpaired) electrons. The van der Waals surface area contributed by atoms with Gasteiger partial charge in [-0.1, -0.05) is 79.7 Å². The van der Waals surface area contributed by atoms with E-state index in [1.54, 1.807) is 26.0 Å². The summed E-state index contributed by atoms with van der Waals surface area (Å²) in [6.45, 7) is 6.78. The van der Waals surface area contributed by atoms with Gasteiger partial charge in [-0.15, -0.1) is 0 Å². The second kappa shape index (κ2) is 12.7. The molecule has 0 fully saturated rings. The normalized spacial score (nSPS) is 19.1. The van der Waals surface area contributed by atoms with Crippen LogP contribution in [0.5, 0.6) is 5.75 Å².